The molecular weight excluding hydrogens is 216 g/mol. The summed E-state index contributed by atoms with van der Waals surface area (Å²) in [5.41, 5.74) is 1.27. The topological polar surface area (TPSA) is 62.2 Å². The molecule has 1 heterocycles. The molecule has 4 nitrogen and oxygen atoms in total. The highest BCUT2D eigenvalue weighted by molar-refractivity contribution is 5.92. The third-order valence-corrected chi connectivity index (χ3v) is 3.26. The number of pyridine rings is 1. The standard InChI is InChI=1S/C13H18N2O2/c1-9-4-2-6-11(15-9)13(17)14-8-10-5-3-7-12(10)16/h2,4,6,10,12,16H,3,5,7-8H2,1H3,(H,14,17). The van der Waals surface area contributed by atoms with Gasteiger partial charge in [0.15, 0.2) is 0 Å². The first-order valence-corrected chi connectivity index (χ1v) is 6.07. The third kappa shape index (κ3) is 3.03. The van der Waals surface area contributed by atoms with Crippen LogP contribution in [0.25, 0.3) is 0 Å². The number of nitrogens with zero attached hydrogens (tertiary/aromatic N) is 1. The highest BCUT2D eigenvalue weighted by Crippen LogP contribution is 2.24. The van der Waals surface area contributed by atoms with E-state index in [2.05, 4.69) is 10.3 Å². The van der Waals surface area contributed by atoms with Gasteiger partial charge in [-0.1, -0.05) is 12.5 Å². The van der Waals surface area contributed by atoms with E-state index in [1.165, 1.54) is 0 Å². The number of aromatic nitrogens is 1. The fourth-order valence-corrected chi connectivity index (χ4v) is 2.24. The van der Waals surface area contributed by atoms with Gasteiger partial charge in [-0.2, -0.15) is 0 Å². The van der Waals surface area contributed by atoms with Gasteiger partial charge in [-0.05, 0) is 31.9 Å². The summed E-state index contributed by atoms with van der Waals surface area (Å²) in [6.07, 6.45) is 2.62. The molecule has 17 heavy (non-hydrogen) atoms. The molecule has 2 N–H and O–H groups in total. The molecule has 2 atom stereocenters. The van der Waals surface area contributed by atoms with E-state index in [0.29, 0.717) is 12.2 Å². The number of carbonyl (C=O) groups is 1. The van der Waals surface area contributed by atoms with Crippen molar-refractivity contribution in [2.75, 3.05) is 6.54 Å². The maximum atomic E-state index is 11.8. The molecule has 1 aliphatic rings. The Bertz CT molecular complexity index is 406. The minimum absolute atomic E-state index is 0.159. The minimum Gasteiger partial charge on any atom is -0.393 e. The zero-order valence-corrected chi connectivity index (χ0v) is 10.0. The van der Waals surface area contributed by atoms with Gasteiger partial charge in [0.25, 0.3) is 5.91 Å². The predicted octanol–water partition coefficient (Wildman–Crippen LogP) is 1.28. The van der Waals surface area contributed by atoms with Crippen molar-refractivity contribution in [3.8, 4) is 0 Å². The van der Waals surface area contributed by atoms with E-state index in [9.17, 15) is 9.90 Å². The predicted molar refractivity (Wildman–Crippen MR) is 64.7 cm³/mol. The number of aliphatic hydroxyl groups is 1. The van der Waals surface area contributed by atoms with Crippen molar-refractivity contribution in [2.45, 2.75) is 32.3 Å². The molecule has 0 aromatic carbocycles. The summed E-state index contributed by atoms with van der Waals surface area (Å²) in [6, 6.07) is 5.38. The van der Waals surface area contributed by atoms with E-state index in [4.69, 9.17) is 0 Å². The Morgan fingerprint density at radius 1 is 1.53 bits per heavy atom. The molecule has 0 saturated heterocycles. The summed E-state index contributed by atoms with van der Waals surface area (Å²) in [7, 11) is 0. The molecule has 0 bridgehead atoms. The second kappa shape index (κ2) is 5.27. The van der Waals surface area contributed by atoms with Crippen LogP contribution < -0.4 is 5.32 Å². The Morgan fingerprint density at radius 3 is 3.00 bits per heavy atom. The van der Waals surface area contributed by atoms with Crippen LogP contribution in [0.2, 0.25) is 0 Å². The van der Waals surface area contributed by atoms with Crippen molar-refractivity contribution in [1.29, 1.82) is 0 Å². The van der Waals surface area contributed by atoms with Gasteiger partial charge in [-0.3, -0.25) is 4.79 Å². The minimum atomic E-state index is -0.263. The van der Waals surface area contributed by atoms with Crippen LogP contribution in [0.3, 0.4) is 0 Å². The van der Waals surface area contributed by atoms with Crippen LogP contribution in [0.5, 0.6) is 0 Å². The average molecular weight is 234 g/mol. The number of amides is 1. The molecule has 2 rings (SSSR count). The normalized spacial score (nSPS) is 23.6. The second-order valence-corrected chi connectivity index (χ2v) is 4.63. The Kier molecular flexibility index (Phi) is 3.74. The lowest BCUT2D eigenvalue weighted by molar-refractivity contribution is 0.0912. The number of hydrogen-bond acceptors (Lipinski definition) is 3. The monoisotopic (exact) mass is 234 g/mol. The summed E-state index contributed by atoms with van der Waals surface area (Å²) >= 11 is 0. The molecule has 4 heteroatoms. The van der Waals surface area contributed by atoms with Gasteiger partial charge in [0.1, 0.15) is 5.69 Å². The molecule has 0 spiro atoms. The van der Waals surface area contributed by atoms with Crippen LogP contribution in [0.1, 0.15) is 35.4 Å². The molecule has 0 aliphatic heterocycles. The molecule has 0 radical (unpaired) electrons. The first kappa shape index (κ1) is 12.0. The van der Waals surface area contributed by atoms with Crippen molar-refractivity contribution in [3.05, 3.63) is 29.6 Å². The van der Waals surface area contributed by atoms with Crippen LogP contribution in [0.15, 0.2) is 18.2 Å². The Hall–Kier alpha value is -1.42. The largest absolute Gasteiger partial charge is 0.393 e. The molecule has 1 aromatic rings. The fraction of sp³-hybridized carbons (Fsp3) is 0.538. The van der Waals surface area contributed by atoms with E-state index in [-0.39, 0.29) is 17.9 Å². The van der Waals surface area contributed by atoms with E-state index < -0.39 is 0 Å². The zero-order valence-electron chi connectivity index (χ0n) is 10.0. The summed E-state index contributed by atoms with van der Waals surface area (Å²) in [5.74, 6) is 0.0385. The molecule has 92 valence electrons. The maximum Gasteiger partial charge on any atom is 0.269 e. The highest BCUT2D eigenvalue weighted by atomic mass is 16.3. The fourth-order valence-electron chi connectivity index (χ4n) is 2.24. The molecule has 1 amide bonds. The van der Waals surface area contributed by atoms with Gasteiger partial charge in [-0.15, -0.1) is 0 Å². The Balaban J connectivity index is 1.89. The van der Waals surface area contributed by atoms with Gasteiger partial charge >= 0.3 is 0 Å². The van der Waals surface area contributed by atoms with Gasteiger partial charge in [0, 0.05) is 18.2 Å². The number of aliphatic hydroxyl groups excluding tert-OH is 1. The van der Waals surface area contributed by atoms with Crippen molar-refractivity contribution in [2.24, 2.45) is 5.92 Å². The maximum absolute atomic E-state index is 11.8. The van der Waals surface area contributed by atoms with Crippen molar-refractivity contribution in [3.63, 3.8) is 0 Å². The van der Waals surface area contributed by atoms with Crippen LogP contribution in [0, 0.1) is 12.8 Å². The quantitative estimate of drug-likeness (QED) is 0.828. The lowest BCUT2D eigenvalue weighted by atomic mass is 10.1. The number of nitrogens with one attached hydrogen (secondary N) is 1. The molecule has 1 saturated carbocycles. The lowest BCUT2D eigenvalue weighted by Gasteiger charge is -2.14. The first-order chi connectivity index (χ1) is 8.16. The van der Waals surface area contributed by atoms with E-state index in [1.54, 1.807) is 6.07 Å². The van der Waals surface area contributed by atoms with Crippen molar-refractivity contribution >= 4 is 5.91 Å². The average Bonchev–Trinajstić information content (AvgIpc) is 2.72. The van der Waals surface area contributed by atoms with Crippen LogP contribution in [-0.2, 0) is 0 Å². The summed E-state index contributed by atoms with van der Waals surface area (Å²) in [4.78, 5) is 16.0. The van der Waals surface area contributed by atoms with Crippen LogP contribution >= 0.6 is 0 Å². The summed E-state index contributed by atoms with van der Waals surface area (Å²) in [6.45, 7) is 2.40. The smallest absolute Gasteiger partial charge is 0.269 e. The molecule has 1 aliphatic carbocycles. The van der Waals surface area contributed by atoms with Crippen LogP contribution in [0.4, 0.5) is 0 Å². The van der Waals surface area contributed by atoms with E-state index >= 15 is 0 Å². The Morgan fingerprint density at radius 2 is 2.35 bits per heavy atom. The molecular formula is C13H18N2O2. The third-order valence-electron chi connectivity index (χ3n) is 3.26. The van der Waals surface area contributed by atoms with E-state index in [0.717, 1.165) is 25.0 Å². The van der Waals surface area contributed by atoms with Gasteiger partial charge in [0.05, 0.1) is 6.10 Å². The number of carbonyl (C=O) groups excluding carboxylic acids is 1. The number of aryl methyl sites for hydroxylation is 1. The van der Waals surface area contributed by atoms with E-state index in [1.807, 2.05) is 19.1 Å². The summed E-state index contributed by atoms with van der Waals surface area (Å²) < 4.78 is 0. The van der Waals surface area contributed by atoms with Gasteiger partial charge in [-0.25, -0.2) is 4.98 Å². The van der Waals surface area contributed by atoms with Crippen molar-refractivity contribution in [1.82, 2.24) is 10.3 Å². The van der Waals surface area contributed by atoms with Crippen LogP contribution in [-0.4, -0.2) is 28.6 Å². The number of hydrogen-bond donors (Lipinski definition) is 2. The highest BCUT2D eigenvalue weighted by Gasteiger charge is 2.25. The lowest BCUT2D eigenvalue weighted by Crippen LogP contribution is -2.32. The molecule has 2 unspecified atom stereocenters. The Labute approximate surface area is 101 Å². The summed E-state index contributed by atoms with van der Waals surface area (Å²) in [5, 5.41) is 12.5. The molecule has 1 aromatic heterocycles. The number of rotatable bonds is 3. The first-order valence-electron chi connectivity index (χ1n) is 6.07. The second-order valence-electron chi connectivity index (χ2n) is 4.63. The SMILES string of the molecule is Cc1cccc(C(=O)NCC2CCCC2O)n1. The van der Waals surface area contributed by atoms with Gasteiger partial charge in [0.2, 0.25) is 0 Å². The van der Waals surface area contributed by atoms with Crippen molar-refractivity contribution < 1.29 is 9.90 Å². The molecule has 1 fully saturated rings. The van der Waals surface area contributed by atoms with Gasteiger partial charge < -0.3 is 10.4 Å². The zero-order chi connectivity index (χ0) is 12.3.